The lowest BCUT2D eigenvalue weighted by Gasteiger charge is -2.24. The summed E-state index contributed by atoms with van der Waals surface area (Å²) in [5.41, 5.74) is 1.50. The zero-order chi connectivity index (χ0) is 17.9. The number of carbonyl (C=O) groups excluding carboxylic acids is 2. The molecule has 6 nitrogen and oxygen atoms in total. The van der Waals surface area contributed by atoms with E-state index in [9.17, 15) is 9.59 Å². The van der Waals surface area contributed by atoms with E-state index in [0.29, 0.717) is 11.3 Å². The molecule has 0 unspecified atom stereocenters. The second kappa shape index (κ2) is 7.00. The van der Waals surface area contributed by atoms with Crippen LogP contribution in [0.1, 0.15) is 34.8 Å². The number of hydrogen-bond acceptors (Lipinski definition) is 4. The molecule has 0 aliphatic rings. The summed E-state index contributed by atoms with van der Waals surface area (Å²) in [7, 11) is 3.42. The van der Waals surface area contributed by atoms with Crippen LogP contribution in [0.15, 0.2) is 29.8 Å². The number of urea groups is 1. The average molecular weight is 346 g/mol. The van der Waals surface area contributed by atoms with Crippen molar-refractivity contribution >= 4 is 29.0 Å². The van der Waals surface area contributed by atoms with E-state index in [1.165, 1.54) is 16.2 Å². The van der Waals surface area contributed by atoms with Gasteiger partial charge in [0.25, 0.3) is 5.91 Å². The predicted octanol–water partition coefficient (Wildman–Crippen LogP) is 3.21. The van der Waals surface area contributed by atoms with Gasteiger partial charge in [0.15, 0.2) is 0 Å². The summed E-state index contributed by atoms with van der Waals surface area (Å²) >= 11 is 1.49. The first kappa shape index (κ1) is 17.9. The maximum absolute atomic E-state index is 12.2. The van der Waals surface area contributed by atoms with Crippen molar-refractivity contribution in [3.8, 4) is 0 Å². The molecule has 0 bridgehead atoms. The van der Waals surface area contributed by atoms with Crippen molar-refractivity contribution in [2.75, 3.05) is 19.4 Å². The fourth-order valence-corrected chi connectivity index (χ4v) is 2.97. The Labute approximate surface area is 145 Å². The summed E-state index contributed by atoms with van der Waals surface area (Å²) in [6, 6.07) is 4.91. The van der Waals surface area contributed by atoms with Crippen LogP contribution in [0.2, 0.25) is 0 Å². The van der Waals surface area contributed by atoms with Crippen LogP contribution in [-0.4, -0.2) is 35.9 Å². The minimum absolute atomic E-state index is 0.0617. The molecule has 0 spiro atoms. The Morgan fingerprint density at radius 1 is 1.25 bits per heavy atom. The quantitative estimate of drug-likeness (QED) is 0.893. The maximum Gasteiger partial charge on any atom is 0.319 e. The van der Waals surface area contributed by atoms with Crippen LogP contribution in [-0.2, 0) is 5.54 Å². The number of anilines is 1. The summed E-state index contributed by atoms with van der Waals surface area (Å²) in [6.45, 7) is 5.64. The maximum atomic E-state index is 12.2. The van der Waals surface area contributed by atoms with Gasteiger partial charge < -0.3 is 15.5 Å². The van der Waals surface area contributed by atoms with Crippen LogP contribution in [0.5, 0.6) is 0 Å². The number of nitrogens with zero attached hydrogens (tertiary/aromatic N) is 2. The molecule has 0 atom stereocenters. The minimum atomic E-state index is -0.561. The molecular weight excluding hydrogens is 324 g/mol. The Hall–Kier alpha value is -2.41. The third kappa shape index (κ3) is 4.11. The van der Waals surface area contributed by atoms with E-state index in [-0.39, 0.29) is 11.9 Å². The van der Waals surface area contributed by atoms with Crippen LogP contribution in [0.4, 0.5) is 10.5 Å². The predicted molar refractivity (Wildman–Crippen MR) is 96.5 cm³/mol. The lowest BCUT2D eigenvalue weighted by Crippen LogP contribution is -2.43. The summed E-state index contributed by atoms with van der Waals surface area (Å²) in [5, 5.41) is 8.41. The molecule has 7 heteroatoms. The van der Waals surface area contributed by atoms with Gasteiger partial charge in [0.05, 0.1) is 5.54 Å². The van der Waals surface area contributed by atoms with E-state index in [4.69, 9.17) is 0 Å². The molecule has 2 N–H and O–H groups in total. The monoisotopic (exact) mass is 346 g/mol. The van der Waals surface area contributed by atoms with E-state index >= 15 is 0 Å². The molecule has 2 rings (SSSR count). The molecular formula is C17H22N4O2S. The number of carbonyl (C=O) groups is 2. The number of amides is 3. The molecule has 3 amide bonds. The molecule has 0 radical (unpaired) electrons. The van der Waals surface area contributed by atoms with Crippen LogP contribution < -0.4 is 10.6 Å². The number of aryl methyl sites for hydroxylation is 1. The molecule has 2 aromatic rings. The van der Waals surface area contributed by atoms with Crippen molar-refractivity contribution in [1.29, 1.82) is 0 Å². The first-order valence-electron chi connectivity index (χ1n) is 7.52. The molecule has 1 heterocycles. The molecule has 128 valence electrons. The molecule has 1 aromatic carbocycles. The second-order valence-electron chi connectivity index (χ2n) is 6.27. The number of hydrogen-bond donors (Lipinski definition) is 2. The summed E-state index contributed by atoms with van der Waals surface area (Å²) in [6.07, 6.45) is 1.71. The number of rotatable bonds is 4. The van der Waals surface area contributed by atoms with Gasteiger partial charge in [0, 0.05) is 36.9 Å². The minimum Gasteiger partial charge on any atom is -0.345 e. The summed E-state index contributed by atoms with van der Waals surface area (Å²) in [5.74, 6) is -0.0617. The second-order valence-corrected chi connectivity index (χ2v) is 7.17. The highest BCUT2D eigenvalue weighted by atomic mass is 32.1. The number of benzene rings is 1. The van der Waals surface area contributed by atoms with Gasteiger partial charge in [0.1, 0.15) is 5.01 Å². The van der Waals surface area contributed by atoms with Gasteiger partial charge in [-0.05, 0) is 44.5 Å². The third-order valence-electron chi connectivity index (χ3n) is 3.51. The first-order valence-corrected chi connectivity index (χ1v) is 8.40. The highest BCUT2D eigenvalue weighted by molar-refractivity contribution is 7.09. The largest absolute Gasteiger partial charge is 0.345 e. The normalized spacial score (nSPS) is 11.0. The molecule has 0 saturated heterocycles. The van der Waals surface area contributed by atoms with E-state index in [0.717, 1.165) is 10.6 Å². The summed E-state index contributed by atoms with van der Waals surface area (Å²) < 4.78 is 0. The Kier molecular flexibility index (Phi) is 5.23. The Bertz CT molecular complexity index is 739. The topological polar surface area (TPSA) is 74.3 Å². The molecule has 0 saturated carbocycles. The van der Waals surface area contributed by atoms with Gasteiger partial charge >= 0.3 is 6.03 Å². The lowest BCUT2D eigenvalue weighted by atomic mass is 10.1. The van der Waals surface area contributed by atoms with E-state index in [2.05, 4.69) is 15.6 Å². The number of thiazole rings is 1. The van der Waals surface area contributed by atoms with E-state index in [1.807, 2.05) is 26.2 Å². The number of nitrogens with one attached hydrogen (secondary N) is 2. The van der Waals surface area contributed by atoms with Crippen LogP contribution in [0, 0.1) is 6.92 Å². The van der Waals surface area contributed by atoms with E-state index in [1.54, 1.807) is 38.5 Å². The van der Waals surface area contributed by atoms with Crippen molar-refractivity contribution in [1.82, 2.24) is 15.2 Å². The van der Waals surface area contributed by atoms with Crippen LogP contribution in [0.3, 0.4) is 0 Å². The summed E-state index contributed by atoms with van der Waals surface area (Å²) in [4.78, 5) is 30.0. The Balaban J connectivity index is 2.07. The van der Waals surface area contributed by atoms with Gasteiger partial charge in [0.2, 0.25) is 0 Å². The van der Waals surface area contributed by atoms with Gasteiger partial charge in [-0.3, -0.25) is 4.79 Å². The van der Waals surface area contributed by atoms with Crippen molar-refractivity contribution < 1.29 is 9.59 Å². The smallest absolute Gasteiger partial charge is 0.319 e. The number of aromatic nitrogens is 1. The zero-order valence-corrected chi connectivity index (χ0v) is 15.3. The molecule has 1 aromatic heterocycles. The van der Waals surface area contributed by atoms with Crippen LogP contribution in [0.25, 0.3) is 0 Å². The SMILES string of the molecule is Cc1cc(NC(=O)NC(C)(C)c2nccs2)ccc1C(=O)N(C)C. The van der Waals surface area contributed by atoms with Crippen LogP contribution >= 0.6 is 11.3 Å². The molecule has 0 aliphatic carbocycles. The fourth-order valence-electron chi connectivity index (χ4n) is 2.25. The van der Waals surface area contributed by atoms with Crippen molar-refractivity contribution in [3.05, 3.63) is 45.9 Å². The van der Waals surface area contributed by atoms with E-state index < -0.39 is 5.54 Å². The highest BCUT2D eigenvalue weighted by Gasteiger charge is 2.25. The fraction of sp³-hybridized carbons (Fsp3) is 0.353. The van der Waals surface area contributed by atoms with Gasteiger partial charge in [-0.25, -0.2) is 9.78 Å². The van der Waals surface area contributed by atoms with Gasteiger partial charge in [-0.1, -0.05) is 0 Å². The zero-order valence-electron chi connectivity index (χ0n) is 14.5. The standard InChI is InChI=1S/C17H22N4O2S/c1-11-10-12(6-7-13(11)14(22)21(4)5)19-16(23)20-17(2,3)15-18-8-9-24-15/h6-10H,1-5H3,(H2,19,20,23). The molecule has 0 fully saturated rings. The van der Waals surface area contributed by atoms with Gasteiger partial charge in [-0.2, -0.15) is 0 Å². The third-order valence-corrected chi connectivity index (χ3v) is 4.61. The van der Waals surface area contributed by atoms with Crippen molar-refractivity contribution in [2.24, 2.45) is 0 Å². The molecule has 0 aliphatic heterocycles. The highest BCUT2D eigenvalue weighted by Crippen LogP contribution is 2.22. The van der Waals surface area contributed by atoms with Crippen molar-refractivity contribution in [3.63, 3.8) is 0 Å². The van der Waals surface area contributed by atoms with Gasteiger partial charge in [-0.15, -0.1) is 11.3 Å². The van der Waals surface area contributed by atoms with Crippen molar-refractivity contribution in [2.45, 2.75) is 26.3 Å². The lowest BCUT2D eigenvalue weighted by molar-refractivity contribution is 0.0827. The first-order chi connectivity index (χ1) is 11.2. The Morgan fingerprint density at radius 2 is 1.96 bits per heavy atom. The Morgan fingerprint density at radius 3 is 2.50 bits per heavy atom. The average Bonchev–Trinajstić information content (AvgIpc) is 3.01. The molecule has 24 heavy (non-hydrogen) atoms.